The SMILES string of the molecule is NNC(=O)Nc1ccc(Br)cc1F. The van der Waals surface area contributed by atoms with Crippen LogP contribution in [0.2, 0.25) is 0 Å². The highest BCUT2D eigenvalue weighted by Gasteiger charge is 2.04. The molecule has 4 nitrogen and oxygen atoms in total. The molecule has 70 valence electrons. The predicted octanol–water partition coefficient (Wildman–Crippen LogP) is 1.58. The van der Waals surface area contributed by atoms with Gasteiger partial charge in [0.25, 0.3) is 0 Å². The molecule has 0 atom stereocenters. The quantitative estimate of drug-likeness (QED) is 0.401. The van der Waals surface area contributed by atoms with Crippen LogP contribution in [0.15, 0.2) is 22.7 Å². The summed E-state index contributed by atoms with van der Waals surface area (Å²) in [4.78, 5) is 10.7. The third kappa shape index (κ3) is 2.67. The number of benzene rings is 1. The Morgan fingerprint density at radius 3 is 2.77 bits per heavy atom. The maximum atomic E-state index is 13.0. The van der Waals surface area contributed by atoms with Crippen molar-refractivity contribution in [3.63, 3.8) is 0 Å². The summed E-state index contributed by atoms with van der Waals surface area (Å²) in [6.07, 6.45) is 0. The zero-order chi connectivity index (χ0) is 9.84. The van der Waals surface area contributed by atoms with Gasteiger partial charge in [-0.2, -0.15) is 0 Å². The summed E-state index contributed by atoms with van der Waals surface area (Å²) in [5.74, 6) is 4.28. The van der Waals surface area contributed by atoms with E-state index in [4.69, 9.17) is 5.84 Å². The molecule has 0 unspecified atom stereocenters. The Balaban J connectivity index is 2.83. The average Bonchev–Trinajstić information content (AvgIpc) is 2.09. The first-order chi connectivity index (χ1) is 6.13. The number of hydrazine groups is 1. The standard InChI is InChI=1S/C7H7BrFN3O/c8-4-1-2-6(5(9)3-4)11-7(13)12-10/h1-3H,10H2,(H2,11,12,13). The van der Waals surface area contributed by atoms with Crippen molar-refractivity contribution < 1.29 is 9.18 Å². The van der Waals surface area contributed by atoms with E-state index in [9.17, 15) is 9.18 Å². The molecule has 2 amide bonds. The largest absolute Gasteiger partial charge is 0.333 e. The lowest BCUT2D eigenvalue weighted by Crippen LogP contribution is -2.34. The predicted molar refractivity (Wildman–Crippen MR) is 50.4 cm³/mol. The van der Waals surface area contributed by atoms with Crippen LogP contribution in [0.4, 0.5) is 14.9 Å². The first-order valence-electron chi connectivity index (χ1n) is 3.36. The fourth-order valence-electron chi connectivity index (χ4n) is 0.749. The highest BCUT2D eigenvalue weighted by atomic mass is 79.9. The topological polar surface area (TPSA) is 67.1 Å². The fraction of sp³-hybridized carbons (Fsp3) is 0. The van der Waals surface area contributed by atoms with Gasteiger partial charge in [-0.3, -0.25) is 5.43 Å². The van der Waals surface area contributed by atoms with Gasteiger partial charge in [-0.1, -0.05) is 15.9 Å². The Kier molecular flexibility index (Phi) is 3.21. The number of nitrogens with one attached hydrogen (secondary N) is 2. The third-order valence-corrected chi connectivity index (χ3v) is 1.80. The number of amides is 2. The van der Waals surface area contributed by atoms with Gasteiger partial charge in [-0.15, -0.1) is 0 Å². The fourth-order valence-corrected chi connectivity index (χ4v) is 1.08. The van der Waals surface area contributed by atoms with Gasteiger partial charge in [0.2, 0.25) is 0 Å². The summed E-state index contributed by atoms with van der Waals surface area (Å²) in [6.45, 7) is 0. The lowest BCUT2D eigenvalue weighted by atomic mass is 10.3. The summed E-state index contributed by atoms with van der Waals surface area (Å²) in [6, 6.07) is 3.61. The molecular weight excluding hydrogens is 241 g/mol. The first-order valence-corrected chi connectivity index (χ1v) is 4.15. The van der Waals surface area contributed by atoms with Crippen molar-refractivity contribution in [2.75, 3.05) is 5.32 Å². The summed E-state index contributed by atoms with van der Waals surface area (Å²) >= 11 is 3.09. The van der Waals surface area contributed by atoms with Crippen molar-refractivity contribution in [1.29, 1.82) is 0 Å². The Labute approximate surface area is 82.4 Å². The Morgan fingerprint density at radius 2 is 2.23 bits per heavy atom. The zero-order valence-corrected chi connectivity index (χ0v) is 8.06. The molecule has 13 heavy (non-hydrogen) atoms. The van der Waals surface area contributed by atoms with E-state index < -0.39 is 11.8 Å². The summed E-state index contributed by atoms with van der Waals surface area (Å²) in [5.41, 5.74) is 1.90. The van der Waals surface area contributed by atoms with Crippen LogP contribution in [0.3, 0.4) is 0 Å². The van der Waals surface area contributed by atoms with Crippen molar-refractivity contribution in [2.24, 2.45) is 5.84 Å². The molecule has 0 aliphatic rings. The van der Waals surface area contributed by atoms with Crippen LogP contribution in [0.25, 0.3) is 0 Å². The van der Waals surface area contributed by atoms with Gasteiger partial charge in [-0.05, 0) is 18.2 Å². The summed E-state index contributed by atoms with van der Waals surface area (Å²) in [7, 11) is 0. The lowest BCUT2D eigenvalue weighted by Gasteiger charge is -2.04. The molecule has 0 aliphatic carbocycles. The van der Waals surface area contributed by atoms with E-state index in [1.54, 1.807) is 6.07 Å². The number of carbonyl (C=O) groups is 1. The summed E-state index contributed by atoms with van der Waals surface area (Å²) in [5, 5.41) is 2.22. The van der Waals surface area contributed by atoms with E-state index in [-0.39, 0.29) is 5.69 Å². The molecule has 6 heteroatoms. The number of rotatable bonds is 1. The Hall–Kier alpha value is -1.14. The Morgan fingerprint density at radius 1 is 1.54 bits per heavy atom. The molecule has 4 N–H and O–H groups in total. The van der Waals surface area contributed by atoms with Gasteiger partial charge in [0.1, 0.15) is 5.82 Å². The summed E-state index contributed by atoms with van der Waals surface area (Å²) < 4.78 is 13.6. The second-order valence-corrected chi connectivity index (χ2v) is 3.14. The number of halogens is 2. The average molecular weight is 248 g/mol. The number of hydrogen-bond acceptors (Lipinski definition) is 2. The van der Waals surface area contributed by atoms with Gasteiger partial charge in [-0.25, -0.2) is 15.0 Å². The second kappa shape index (κ2) is 4.20. The third-order valence-electron chi connectivity index (χ3n) is 1.31. The molecule has 0 radical (unpaired) electrons. The highest BCUT2D eigenvalue weighted by molar-refractivity contribution is 9.10. The van der Waals surface area contributed by atoms with Crippen LogP contribution < -0.4 is 16.6 Å². The molecule has 1 aromatic rings. The van der Waals surface area contributed by atoms with E-state index in [1.165, 1.54) is 12.1 Å². The maximum Gasteiger partial charge on any atom is 0.333 e. The number of anilines is 1. The molecule has 1 aromatic carbocycles. The van der Waals surface area contributed by atoms with Crippen LogP contribution in [-0.2, 0) is 0 Å². The van der Waals surface area contributed by atoms with Gasteiger partial charge in [0.15, 0.2) is 0 Å². The van der Waals surface area contributed by atoms with Crippen molar-refractivity contribution in [2.45, 2.75) is 0 Å². The first kappa shape index (κ1) is 9.94. The second-order valence-electron chi connectivity index (χ2n) is 2.22. The van der Waals surface area contributed by atoms with Gasteiger partial charge in [0.05, 0.1) is 5.69 Å². The molecule has 0 saturated carbocycles. The smallest absolute Gasteiger partial charge is 0.304 e. The van der Waals surface area contributed by atoms with Crippen LogP contribution in [0, 0.1) is 5.82 Å². The zero-order valence-electron chi connectivity index (χ0n) is 6.47. The lowest BCUT2D eigenvalue weighted by molar-refractivity contribution is 0.252. The molecule has 0 fully saturated rings. The molecule has 0 heterocycles. The van der Waals surface area contributed by atoms with E-state index in [0.29, 0.717) is 4.47 Å². The monoisotopic (exact) mass is 247 g/mol. The molecule has 0 saturated heterocycles. The maximum absolute atomic E-state index is 13.0. The molecule has 0 aliphatic heterocycles. The van der Waals surface area contributed by atoms with E-state index in [1.807, 2.05) is 5.43 Å². The molecule has 0 spiro atoms. The van der Waals surface area contributed by atoms with Gasteiger partial charge in [0, 0.05) is 4.47 Å². The minimum absolute atomic E-state index is 0.0751. The van der Waals surface area contributed by atoms with Gasteiger partial charge < -0.3 is 5.32 Å². The number of hydrogen-bond donors (Lipinski definition) is 3. The van der Waals surface area contributed by atoms with Crippen molar-refractivity contribution in [3.05, 3.63) is 28.5 Å². The number of nitrogens with two attached hydrogens (primary N) is 1. The van der Waals surface area contributed by atoms with Crippen LogP contribution in [0.1, 0.15) is 0 Å². The molecule has 0 bridgehead atoms. The van der Waals surface area contributed by atoms with Crippen LogP contribution in [0.5, 0.6) is 0 Å². The highest BCUT2D eigenvalue weighted by Crippen LogP contribution is 2.18. The van der Waals surface area contributed by atoms with Crippen molar-refractivity contribution >= 4 is 27.6 Å². The van der Waals surface area contributed by atoms with Crippen molar-refractivity contribution in [3.8, 4) is 0 Å². The molecule has 1 rings (SSSR count). The van der Waals surface area contributed by atoms with Crippen LogP contribution in [-0.4, -0.2) is 6.03 Å². The van der Waals surface area contributed by atoms with Crippen LogP contribution >= 0.6 is 15.9 Å². The minimum Gasteiger partial charge on any atom is -0.304 e. The van der Waals surface area contributed by atoms with E-state index >= 15 is 0 Å². The minimum atomic E-state index is -0.666. The van der Waals surface area contributed by atoms with E-state index in [0.717, 1.165) is 0 Å². The Bertz CT molecular complexity index is 332. The molecular formula is C7H7BrFN3O. The normalized spacial score (nSPS) is 9.46. The molecule has 0 aromatic heterocycles. The van der Waals surface area contributed by atoms with Gasteiger partial charge >= 0.3 is 6.03 Å². The number of urea groups is 1. The number of carbonyl (C=O) groups excluding carboxylic acids is 1. The van der Waals surface area contributed by atoms with Crippen molar-refractivity contribution in [1.82, 2.24) is 5.43 Å². The van der Waals surface area contributed by atoms with E-state index in [2.05, 4.69) is 21.2 Å².